The van der Waals surface area contributed by atoms with Gasteiger partial charge in [0.05, 0.1) is 0 Å². The predicted octanol–water partition coefficient (Wildman–Crippen LogP) is -0.794. The van der Waals surface area contributed by atoms with Gasteiger partial charge in [-0.3, -0.25) is 0 Å². The van der Waals surface area contributed by atoms with Crippen molar-refractivity contribution < 1.29 is 31.6 Å². The van der Waals surface area contributed by atoms with Gasteiger partial charge in [-0.15, -0.1) is 0 Å². The number of amides is 4. The maximum atomic E-state index is 11.8. The van der Waals surface area contributed by atoms with E-state index >= 15 is 0 Å². The van der Waals surface area contributed by atoms with Crippen molar-refractivity contribution in [2.45, 2.75) is 27.7 Å². The minimum absolute atomic E-state index is 0.382. The fourth-order valence-corrected chi connectivity index (χ4v) is 6.70. The summed E-state index contributed by atoms with van der Waals surface area (Å²) in [5.74, 6) is -2.10. The molecule has 0 bridgehead atoms. The number of carbonyl (C=O) groups excluding carboxylic acids is 4. The van der Waals surface area contributed by atoms with E-state index in [1.807, 2.05) is 0 Å². The van der Waals surface area contributed by atoms with E-state index in [-0.39, 0.29) is 0 Å². The van der Waals surface area contributed by atoms with Crippen LogP contribution in [-0.2, 0) is 31.6 Å². The van der Waals surface area contributed by atoms with Gasteiger partial charge >= 0.3 is 135 Å². The maximum absolute atomic E-state index is 11.8. The Balaban J connectivity index is 3.79. The molecule has 0 saturated carbocycles. The Morgan fingerprint density at radius 1 is 0.652 bits per heavy atom. The van der Waals surface area contributed by atoms with Gasteiger partial charge in [-0.2, -0.15) is 0 Å². The van der Waals surface area contributed by atoms with E-state index in [0.717, 1.165) is 0 Å². The van der Waals surface area contributed by atoms with Gasteiger partial charge in [-0.1, -0.05) is 0 Å². The van der Waals surface area contributed by atoms with Gasteiger partial charge in [-0.05, 0) is 0 Å². The zero-order valence-electron chi connectivity index (χ0n) is 13.4. The molecule has 0 heterocycles. The Kier molecular flexibility index (Phi) is 5.51. The molecule has 1 aromatic rings. The Morgan fingerprint density at radius 3 is 1.22 bits per heavy atom. The Hall–Kier alpha value is -2.39. The van der Waals surface area contributed by atoms with E-state index in [4.69, 9.17) is 0 Å². The molecule has 8 nitrogen and oxygen atoms in total. The molecule has 0 radical (unpaired) electrons. The van der Waals surface area contributed by atoms with Crippen molar-refractivity contribution >= 4 is 28.1 Å². The molecular weight excluding hydrogens is 347 g/mol. The summed E-state index contributed by atoms with van der Waals surface area (Å²) in [4.78, 5) is 47.4. The third-order valence-electron chi connectivity index (χ3n) is 2.24. The van der Waals surface area contributed by atoms with E-state index < -0.39 is 36.1 Å². The first-order chi connectivity index (χ1) is 10.6. The summed E-state index contributed by atoms with van der Waals surface area (Å²) in [6, 6.07) is 8.29. The molecule has 0 aliphatic heterocycles. The molecule has 1 rings (SSSR count). The number of nitrogens with one attached hydrogen (secondary N) is 4. The second kappa shape index (κ2) is 6.79. The van der Waals surface area contributed by atoms with Crippen LogP contribution in [0.25, 0.3) is 0 Å². The first kappa shape index (κ1) is 18.7. The van der Waals surface area contributed by atoms with Gasteiger partial charge in [0.2, 0.25) is 0 Å². The topological polar surface area (TPSA) is 116 Å². The molecule has 1 aromatic carbocycles. The van der Waals surface area contributed by atoms with Crippen molar-refractivity contribution in [1.82, 2.24) is 17.5 Å². The van der Waals surface area contributed by atoms with Crippen LogP contribution in [0.3, 0.4) is 0 Å². The van der Waals surface area contributed by atoms with Crippen LogP contribution in [-0.4, -0.2) is 23.6 Å². The summed E-state index contributed by atoms with van der Waals surface area (Å²) >= 11 is -4.35. The van der Waals surface area contributed by atoms with Crippen LogP contribution in [0.4, 0.5) is 0 Å². The normalized spacial score (nSPS) is 12.3. The molecule has 0 aromatic heterocycles. The first-order valence-electron chi connectivity index (χ1n) is 6.56. The van der Waals surface area contributed by atoms with E-state index in [1.165, 1.54) is 27.7 Å². The molecule has 23 heavy (non-hydrogen) atoms. The first-order valence-corrected chi connectivity index (χ1v) is 9.16. The number of hydrogen-bond acceptors (Lipinski definition) is 4. The second-order valence-electron chi connectivity index (χ2n) is 4.66. The standard InChI is InChI=1S/C6H5.4C2H5NO.Co/c1-2-4-6-5-3-1;4*1-2(3)4;/h1-5H;4*1H3,(H2,3,4);/q;;;;;+4/p-4. The van der Waals surface area contributed by atoms with Gasteiger partial charge < -0.3 is 0 Å². The van der Waals surface area contributed by atoms with Crippen LogP contribution in [0.1, 0.15) is 27.7 Å². The Bertz CT molecular complexity index is 572. The van der Waals surface area contributed by atoms with E-state index in [0.29, 0.717) is 4.50 Å². The molecule has 0 spiro atoms. The predicted molar refractivity (Wildman–Crippen MR) is 81.3 cm³/mol. The average molecular weight is 368 g/mol. The third-order valence-corrected chi connectivity index (χ3v) is 7.34. The summed E-state index contributed by atoms with van der Waals surface area (Å²) in [6.45, 7) is 4.93. The number of benzene rings is 1. The molecule has 0 aliphatic carbocycles. The van der Waals surface area contributed by atoms with Gasteiger partial charge in [0.25, 0.3) is 0 Å². The van der Waals surface area contributed by atoms with Crippen LogP contribution < -0.4 is 22.0 Å². The van der Waals surface area contributed by atoms with Crippen LogP contribution in [0.5, 0.6) is 0 Å². The van der Waals surface area contributed by atoms with Crippen LogP contribution in [0, 0.1) is 0 Å². The van der Waals surface area contributed by atoms with Crippen molar-refractivity contribution in [2.75, 3.05) is 0 Å². The van der Waals surface area contributed by atoms with E-state index in [9.17, 15) is 19.2 Å². The zero-order valence-corrected chi connectivity index (χ0v) is 14.4. The SMILES string of the molecule is CC(=O)[NH][Co]([NH]C(C)=O)([NH]C(C)=O)([NH]C(C)=O)[c]1ccccc1. The molecule has 4 amide bonds. The van der Waals surface area contributed by atoms with Gasteiger partial charge in [0.1, 0.15) is 0 Å². The number of hydrogen-bond donors (Lipinski definition) is 4. The second-order valence-corrected chi connectivity index (χ2v) is 8.91. The fraction of sp³-hybridized carbons (Fsp3) is 0.286. The van der Waals surface area contributed by atoms with Crippen LogP contribution >= 0.6 is 0 Å². The molecule has 4 N–H and O–H groups in total. The molecule has 0 unspecified atom stereocenters. The van der Waals surface area contributed by atoms with Crippen molar-refractivity contribution in [1.29, 1.82) is 0 Å². The molecule has 0 aliphatic rings. The summed E-state index contributed by atoms with van der Waals surface area (Å²) < 4.78 is 10.8. The molecule has 9 heteroatoms. The fourth-order valence-electron chi connectivity index (χ4n) is 1.88. The molecule has 0 atom stereocenters. The van der Waals surface area contributed by atoms with Gasteiger partial charge in [0.15, 0.2) is 0 Å². The zero-order chi connectivity index (χ0) is 17.7. The summed E-state index contributed by atoms with van der Waals surface area (Å²) in [6.07, 6.45) is 0. The minimum atomic E-state index is -4.35. The third kappa shape index (κ3) is 4.30. The van der Waals surface area contributed by atoms with Gasteiger partial charge in [0, 0.05) is 0 Å². The number of rotatable bonds is 5. The molecule has 130 valence electrons. The molecule has 0 fully saturated rings. The van der Waals surface area contributed by atoms with Crippen LogP contribution in [0.2, 0.25) is 0 Å². The van der Waals surface area contributed by atoms with E-state index in [1.54, 1.807) is 30.3 Å². The van der Waals surface area contributed by atoms with Crippen LogP contribution in [0.15, 0.2) is 30.3 Å². The van der Waals surface area contributed by atoms with Crippen molar-refractivity contribution in [3.8, 4) is 0 Å². The quantitative estimate of drug-likeness (QED) is 0.545. The van der Waals surface area contributed by atoms with Crippen molar-refractivity contribution in [3.05, 3.63) is 30.3 Å². The average Bonchev–Trinajstić information content (AvgIpc) is 2.36. The summed E-state index contributed by atoms with van der Waals surface area (Å²) in [5.41, 5.74) is 0. The molecule has 0 saturated heterocycles. The number of carbonyl (C=O) groups is 4. The Morgan fingerprint density at radius 2 is 0.957 bits per heavy atom. The van der Waals surface area contributed by atoms with E-state index in [2.05, 4.69) is 17.5 Å². The van der Waals surface area contributed by atoms with Gasteiger partial charge in [-0.25, -0.2) is 0 Å². The molecular formula is C14H21CoN4O4. The summed E-state index contributed by atoms with van der Waals surface area (Å²) in [7, 11) is 0. The van der Waals surface area contributed by atoms with Crippen molar-refractivity contribution in [3.63, 3.8) is 0 Å². The summed E-state index contributed by atoms with van der Waals surface area (Å²) in [5, 5.41) is 0. The Labute approximate surface area is 135 Å². The monoisotopic (exact) mass is 368 g/mol. The van der Waals surface area contributed by atoms with Crippen molar-refractivity contribution in [2.24, 2.45) is 0 Å².